The minimum Gasteiger partial charge on any atom is -0.493 e. The van der Waals surface area contributed by atoms with Gasteiger partial charge in [0.05, 0.1) is 17.6 Å². The molecular weight excluding hydrogens is 422 g/mol. The zero-order valence-corrected chi connectivity index (χ0v) is 20.8. The minimum atomic E-state index is 0.172. The van der Waals surface area contributed by atoms with Crippen molar-refractivity contribution in [3.05, 3.63) is 59.4 Å². The Morgan fingerprint density at radius 1 is 1.12 bits per heavy atom. The molecular formula is C29H37N3O2. The first-order valence-corrected chi connectivity index (χ1v) is 13.0. The van der Waals surface area contributed by atoms with E-state index in [1.54, 1.807) is 0 Å². The molecule has 34 heavy (non-hydrogen) atoms. The van der Waals surface area contributed by atoms with Gasteiger partial charge in [0, 0.05) is 31.5 Å². The van der Waals surface area contributed by atoms with E-state index in [-0.39, 0.29) is 5.92 Å². The Hall–Kier alpha value is -2.82. The van der Waals surface area contributed by atoms with E-state index < -0.39 is 0 Å². The van der Waals surface area contributed by atoms with Crippen LogP contribution >= 0.6 is 0 Å². The van der Waals surface area contributed by atoms with Gasteiger partial charge in [-0.15, -0.1) is 0 Å². The van der Waals surface area contributed by atoms with Gasteiger partial charge < -0.3 is 14.2 Å². The second-order valence-corrected chi connectivity index (χ2v) is 10.4. The van der Waals surface area contributed by atoms with Crippen LogP contribution in [0, 0.1) is 6.92 Å². The third-order valence-electron chi connectivity index (χ3n) is 7.55. The Labute approximate surface area is 203 Å². The van der Waals surface area contributed by atoms with Crippen molar-refractivity contribution in [2.75, 3.05) is 13.2 Å². The Balaban J connectivity index is 1.31. The number of rotatable bonds is 8. The van der Waals surface area contributed by atoms with E-state index >= 15 is 0 Å². The van der Waals surface area contributed by atoms with Gasteiger partial charge in [-0.2, -0.15) is 0 Å². The third-order valence-corrected chi connectivity index (χ3v) is 7.55. The van der Waals surface area contributed by atoms with Crippen LogP contribution in [0.1, 0.15) is 81.2 Å². The molecule has 5 heteroatoms. The molecule has 2 fully saturated rings. The SMILES string of the molecule is Cc1ccc(C(C)C)c(OCCCn2c(C3CC(=O)N(C4CCCC4)C3)nc3ccccc32)c1. The molecule has 0 N–H and O–H groups in total. The number of para-hydroxylation sites is 2. The van der Waals surface area contributed by atoms with Crippen molar-refractivity contribution in [1.82, 2.24) is 14.5 Å². The van der Waals surface area contributed by atoms with Crippen molar-refractivity contribution in [2.45, 2.75) is 83.7 Å². The summed E-state index contributed by atoms with van der Waals surface area (Å²) >= 11 is 0. The van der Waals surface area contributed by atoms with Gasteiger partial charge >= 0.3 is 0 Å². The maximum atomic E-state index is 12.9. The van der Waals surface area contributed by atoms with Crippen LogP contribution in [-0.4, -0.2) is 39.6 Å². The molecule has 2 aliphatic rings. The summed E-state index contributed by atoms with van der Waals surface area (Å²) in [5.74, 6) is 2.97. The highest BCUT2D eigenvalue weighted by Crippen LogP contribution is 2.35. The maximum absolute atomic E-state index is 12.9. The fraction of sp³-hybridized carbons (Fsp3) is 0.517. The van der Waals surface area contributed by atoms with E-state index in [4.69, 9.17) is 9.72 Å². The van der Waals surface area contributed by atoms with Gasteiger partial charge in [-0.05, 0) is 61.4 Å². The second kappa shape index (κ2) is 9.81. The number of likely N-dealkylation sites (tertiary alicyclic amines) is 1. The van der Waals surface area contributed by atoms with Gasteiger partial charge in [0.1, 0.15) is 11.6 Å². The molecule has 5 nitrogen and oxygen atoms in total. The predicted molar refractivity (Wildman–Crippen MR) is 136 cm³/mol. The molecule has 0 spiro atoms. The van der Waals surface area contributed by atoms with Crippen LogP contribution in [0.15, 0.2) is 42.5 Å². The van der Waals surface area contributed by atoms with Crippen LogP contribution in [0.25, 0.3) is 11.0 Å². The van der Waals surface area contributed by atoms with E-state index in [9.17, 15) is 4.79 Å². The van der Waals surface area contributed by atoms with Crippen molar-refractivity contribution in [1.29, 1.82) is 0 Å². The number of aryl methyl sites for hydroxylation is 2. The van der Waals surface area contributed by atoms with Crippen LogP contribution in [0.5, 0.6) is 5.75 Å². The van der Waals surface area contributed by atoms with Crippen LogP contribution in [0.2, 0.25) is 0 Å². The highest BCUT2D eigenvalue weighted by Gasteiger charge is 2.38. The Bertz CT molecular complexity index is 1160. The lowest BCUT2D eigenvalue weighted by Gasteiger charge is -2.24. The fourth-order valence-corrected chi connectivity index (χ4v) is 5.76. The number of hydrogen-bond acceptors (Lipinski definition) is 3. The number of amides is 1. The number of nitrogens with zero attached hydrogens (tertiary/aromatic N) is 3. The quantitative estimate of drug-likeness (QED) is 0.377. The number of fused-ring (bicyclic) bond motifs is 1. The molecule has 0 bridgehead atoms. The van der Waals surface area contributed by atoms with Crippen LogP contribution in [0.3, 0.4) is 0 Å². The topological polar surface area (TPSA) is 47.4 Å². The number of ether oxygens (including phenoxy) is 1. The molecule has 1 unspecified atom stereocenters. The molecule has 1 atom stereocenters. The summed E-state index contributed by atoms with van der Waals surface area (Å²) in [5.41, 5.74) is 4.66. The number of benzene rings is 2. The van der Waals surface area contributed by atoms with Crippen molar-refractivity contribution in [3.8, 4) is 5.75 Å². The molecule has 1 saturated heterocycles. The molecule has 0 radical (unpaired) electrons. The molecule has 1 aromatic heterocycles. The number of carbonyl (C=O) groups is 1. The van der Waals surface area contributed by atoms with Gasteiger partial charge in [0.15, 0.2) is 0 Å². The van der Waals surface area contributed by atoms with E-state index in [1.807, 2.05) is 6.07 Å². The maximum Gasteiger partial charge on any atom is 0.223 e. The monoisotopic (exact) mass is 459 g/mol. The molecule has 3 aromatic rings. The van der Waals surface area contributed by atoms with Gasteiger partial charge in [-0.1, -0.05) is 51.0 Å². The van der Waals surface area contributed by atoms with Crippen molar-refractivity contribution < 1.29 is 9.53 Å². The molecule has 1 saturated carbocycles. The number of hydrogen-bond donors (Lipinski definition) is 0. The van der Waals surface area contributed by atoms with Crippen LogP contribution in [0.4, 0.5) is 0 Å². The van der Waals surface area contributed by atoms with Crippen LogP contribution < -0.4 is 4.74 Å². The number of carbonyl (C=O) groups excluding carboxylic acids is 1. The summed E-state index contributed by atoms with van der Waals surface area (Å²) in [6.45, 7) is 8.83. The van der Waals surface area contributed by atoms with Crippen LogP contribution in [-0.2, 0) is 11.3 Å². The Morgan fingerprint density at radius 3 is 2.71 bits per heavy atom. The number of aromatic nitrogens is 2. The zero-order valence-electron chi connectivity index (χ0n) is 20.8. The Morgan fingerprint density at radius 2 is 1.91 bits per heavy atom. The molecule has 2 aromatic carbocycles. The summed E-state index contributed by atoms with van der Waals surface area (Å²) in [6, 6.07) is 15.3. The third kappa shape index (κ3) is 4.57. The van der Waals surface area contributed by atoms with E-state index in [2.05, 4.69) is 66.6 Å². The summed E-state index contributed by atoms with van der Waals surface area (Å²) in [6.07, 6.45) is 6.28. The summed E-state index contributed by atoms with van der Waals surface area (Å²) in [4.78, 5) is 20.0. The average Bonchev–Trinajstić information content (AvgIpc) is 3.55. The molecule has 1 aliphatic carbocycles. The molecule has 2 heterocycles. The fourth-order valence-electron chi connectivity index (χ4n) is 5.76. The normalized spacial score (nSPS) is 19.1. The minimum absolute atomic E-state index is 0.172. The molecule has 180 valence electrons. The standard InChI is InChI=1S/C29H37N3O2/c1-20(2)24-14-13-21(3)17-27(24)34-16-8-15-31-26-12-7-6-11-25(26)30-29(31)22-18-28(33)32(19-22)23-9-4-5-10-23/h6-7,11-14,17,20,22-23H,4-5,8-10,15-16,18-19H2,1-3H3. The summed E-state index contributed by atoms with van der Waals surface area (Å²) in [7, 11) is 0. The van der Waals surface area contributed by atoms with E-state index in [0.717, 1.165) is 55.0 Å². The van der Waals surface area contributed by atoms with Crippen molar-refractivity contribution in [3.63, 3.8) is 0 Å². The highest BCUT2D eigenvalue weighted by atomic mass is 16.5. The van der Waals surface area contributed by atoms with Crippen molar-refractivity contribution >= 4 is 16.9 Å². The predicted octanol–water partition coefficient (Wildman–Crippen LogP) is 6.20. The number of imidazole rings is 1. The Kier molecular flexibility index (Phi) is 6.62. The highest BCUT2D eigenvalue weighted by molar-refractivity contribution is 5.81. The first-order valence-electron chi connectivity index (χ1n) is 13.0. The first-order chi connectivity index (χ1) is 16.5. The van der Waals surface area contributed by atoms with Gasteiger partial charge in [0.2, 0.25) is 5.91 Å². The van der Waals surface area contributed by atoms with Gasteiger partial charge in [0.25, 0.3) is 0 Å². The van der Waals surface area contributed by atoms with Gasteiger partial charge in [-0.25, -0.2) is 4.98 Å². The van der Waals surface area contributed by atoms with Crippen molar-refractivity contribution in [2.24, 2.45) is 0 Å². The van der Waals surface area contributed by atoms with E-state index in [0.29, 0.717) is 30.9 Å². The summed E-state index contributed by atoms with van der Waals surface area (Å²) < 4.78 is 8.60. The lowest BCUT2D eigenvalue weighted by Crippen LogP contribution is -2.34. The molecule has 1 aliphatic heterocycles. The largest absolute Gasteiger partial charge is 0.493 e. The smallest absolute Gasteiger partial charge is 0.223 e. The molecule has 5 rings (SSSR count). The van der Waals surface area contributed by atoms with E-state index in [1.165, 1.54) is 24.0 Å². The average molecular weight is 460 g/mol. The molecule has 1 amide bonds. The van der Waals surface area contributed by atoms with Gasteiger partial charge in [-0.3, -0.25) is 4.79 Å². The zero-order chi connectivity index (χ0) is 23.7. The first kappa shape index (κ1) is 22.9. The second-order valence-electron chi connectivity index (χ2n) is 10.4. The summed E-state index contributed by atoms with van der Waals surface area (Å²) in [5, 5.41) is 0. The lowest BCUT2D eigenvalue weighted by molar-refractivity contribution is -0.129. The lowest BCUT2D eigenvalue weighted by atomic mass is 10.0.